The zero-order valence-corrected chi connectivity index (χ0v) is 17.1. The summed E-state index contributed by atoms with van der Waals surface area (Å²) in [7, 11) is 3.48. The second-order valence-electron chi connectivity index (χ2n) is 6.82. The van der Waals surface area contributed by atoms with E-state index in [1.54, 1.807) is 14.2 Å². The number of aromatic nitrogens is 2. The number of hydrogen-bond donors (Lipinski definition) is 2. The number of fused-ring (bicyclic) bond motifs is 1. The first kappa shape index (κ1) is 19.7. The van der Waals surface area contributed by atoms with E-state index >= 15 is 0 Å². The molecule has 0 radical (unpaired) electrons. The van der Waals surface area contributed by atoms with E-state index in [0.717, 1.165) is 48.0 Å². The lowest BCUT2D eigenvalue weighted by molar-refractivity contribution is 0.406. The Morgan fingerprint density at radius 3 is 2.79 bits per heavy atom. The van der Waals surface area contributed by atoms with Crippen molar-refractivity contribution in [3.63, 3.8) is 0 Å². The average Bonchev–Trinajstić information content (AvgIpc) is 3.12. The van der Waals surface area contributed by atoms with Crippen molar-refractivity contribution >= 4 is 16.9 Å². The molecule has 0 fully saturated rings. The number of rotatable bonds is 7. The predicted octanol–water partition coefficient (Wildman–Crippen LogP) is 3.42. The van der Waals surface area contributed by atoms with Crippen LogP contribution in [0.1, 0.15) is 23.2 Å². The molecule has 0 amide bonds. The Balaban J connectivity index is 1.49. The molecule has 0 saturated carbocycles. The van der Waals surface area contributed by atoms with Gasteiger partial charge in [-0.25, -0.2) is 0 Å². The molecule has 2 N–H and O–H groups in total. The highest BCUT2D eigenvalue weighted by atomic mass is 16.5. The summed E-state index contributed by atoms with van der Waals surface area (Å²) in [5.74, 6) is 1.67. The number of aryl methyl sites for hydroxylation is 2. The van der Waals surface area contributed by atoms with Gasteiger partial charge in [0.2, 0.25) is 0 Å². The number of nitrogens with one attached hydrogen (secondary N) is 2. The minimum atomic E-state index is 0.602. The average molecular weight is 380 g/mol. The van der Waals surface area contributed by atoms with Crippen molar-refractivity contribution in [3.05, 3.63) is 59.5 Å². The molecule has 2 heterocycles. The largest absolute Gasteiger partial charge is 0.496 e. The van der Waals surface area contributed by atoms with E-state index in [9.17, 15) is 0 Å². The summed E-state index contributed by atoms with van der Waals surface area (Å²) in [6.07, 6.45) is 5.01. The van der Waals surface area contributed by atoms with Crippen LogP contribution in [-0.4, -0.2) is 36.2 Å². The van der Waals surface area contributed by atoms with Gasteiger partial charge in [-0.05, 0) is 37.8 Å². The Morgan fingerprint density at radius 1 is 1.18 bits per heavy atom. The monoisotopic (exact) mass is 379 g/mol. The summed E-state index contributed by atoms with van der Waals surface area (Å²) >= 11 is 0. The van der Waals surface area contributed by atoms with E-state index in [1.165, 1.54) is 10.9 Å². The number of pyridine rings is 1. The normalized spacial score (nSPS) is 11.6. The van der Waals surface area contributed by atoms with Crippen molar-refractivity contribution in [2.24, 2.45) is 4.99 Å². The summed E-state index contributed by atoms with van der Waals surface area (Å²) in [5.41, 5.74) is 4.35. The maximum Gasteiger partial charge on any atom is 0.191 e. The first-order valence-electron chi connectivity index (χ1n) is 9.61. The summed E-state index contributed by atoms with van der Waals surface area (Å²) in [6.45, 7) is 6.45. The summed E-state index contributed by atoms with van der Waals surface area (Å²) in [6, 6.07) is 10.6. The minimum Gasteiger partial charge on any atom is -0.496 e. The van der Waals surface area contributed by atoms with Crippen molar-refractivity contribution in [2.45, 2.75) is 33.4 Å². The first-order valence-corrected chi connectivity index (χ1v) is 9.61. The minimum absolute atomic E-state index is 0.602. The molecule has 0 unspecified atom stereocenters. The highest BCUT2D eigenvalue weighted by Gasteiger charge is 2.10. The molecule has 0 aliphatic heterocycles. The second kappa shape index (κ2) is 9.26. The lowest BCUT2D eigenvalue weighted by Crippen LogP contribution is -2.37. The molecule has 28 heavy (non-hydrogen) atoms. The van der Waals surface area contributed by atoms with Gasteiger partial charge in [-0.3, -0.25) is 9.98 Å². The van der Waals surface area contributed by atoms with Crippen molar-refractivity contribution in [2.75, 3.05) is 20.7 Å². The molecule has 6 heteroatoms. The highest BCUT2D eigenvalue weighted by Crippen LogP contribution is 2.23. The van der Waals surface area contributed by atoms with Crippen molar-refractivity contribution in [1.82, 2.24) is 20.2 Å². The number of ether oxygens (including phenoxy) is 1. The third-order valence-electron chi connectivity index (χ3n) is 4.95. The lowest BCUT2D eigenvalue weighted by atomic mass is 10.1. The number of aliphatic imine (C=N–C) groups is 1. The number of guanidine groups is 1. The molecule has 148 valence electrons. The van der Waals surface area contributed by atoms with Crippen LogP contribution in [0.4, 0.5) is 0 Å². The quantitative estimate of drug-likeness (QED) is 0.375. The molecule has 0 atom stereocenters. The maximum atomic E-state index is 5.48. The van der Waals surface area contributed by atoms with Gasteiger partial charge in [0, 0.05) is 49.2 Å². The van der Waals surface area contributed by atoms with Crippen LogP contribution in [0.25, 0.3) is 10.9 Å². The fourth-order valence-corrected chi connectivity index (χ4v) is 3.43. The fourth-order valence-electron chi connectivity index (χ4n) is 3.43. The molecule has 3 aromatic rings. The van der Waals surface area contributed by atoms with Gasteiger partial charge in [0.15, 0.2) is 5.96 Å². The van der Waals surface area contributed by atoms with Crippen LogP contribution in [0.5, 0.6) is 5.75 Å². The number of benzene rings is 1. The number of nitrogens with zero attached hydrogens (tertiary/aromatic N) is 3. The first-order chi connectivity index (χ1) is 13.6. The highest BCUT2D eigenvalue weighted by molar-refractivity contribution is 5.80. The van der Waals surface area contributed by atoms with E-state index in [4.69, 9.17) is 4.74 Å². The smallest absolute Gasteiger partial charge is 0.191 e. The molecule has 0 spiro atoms. The van der Waals surface area contributed by atoms with E-state index in [0.29, 0.717) is 6.54 Å². The van der Waals surface area contributed by atoms with Crippen molar-refractivity contribution in [1.29, 1.82) is 0 Å². The van der Waals surface area contributed by atoms with Crippen LogP contribution in [0.2, 0.25) is 0 Å². The Kier molecular flexibility index (Phi) is 6.53. The van der Waals surface area contributed by atoms with E-state index < -0.39 is 0 Å². The Bertz CT molecular complexity index is 961. The van der Waals surface area contributed by atoms with Crippen molar-refractivity contribution in [3.8, 4) is 5.75 Å². The summed E-state index contributed by atoms with van der Waals surface area (Å²) in [4.78, 5) is 8.83. The van der Waals surface area contributed by atoms with Crippen LogP contribution >= 0.6 is 0 Å². The van der Waals surface area contributed by atoms with Gasteiger partial charge in [0.25, 0.3) is 0 Å². The van der Waals surface area contributed by atoms with Gasteiger partial charge < -0.3 is 19.9 Å². The number of para-hydroxylation sites is 1. The molecular weight excluding hydrogens is 350 g/mol. The van der Waals surface area contributed by atoms with E-state index in [-0.39, 0.29) is 0 Å². The standard InChI is InChI=1S/C22H29N5O/c1-16-14-25-19(17(2)21(16)28-4)15-26-22(23-3)24-11-7-12-27-13-10-18-8-5-6-9-20(18)27/h5-6,8-10,13-14H,7,11-12,15H2,1-4H3,(H2,23,24,26). The van der Waals surface area contributed by atoms with Gasteiger partial charge >= 0.3 is 0 Å². The van der Waals surface area contributed by atoms with Gasteiger partial charge in [-0.2, -0.15) is 0 Å². The zero-order chi connectivity index (χ0) is 19.9. The number of hydrogen-bond acceptors (Lipinski definition) is 3. The van der Waals surface area contributed by atoms with E-state index in [2.05, 4.69) is 61.7 Å². The molecule has 3 rings (SSSR count). The molecular formula is C22H29N5O. The Labute approximate surface area is 166 Å². The molecule has 0 saturated heterocycles. The topological polar surface area (TPSA) is 63.5 Å². The third-order valence-corrected chi connectivity index (χ3v) is 4.95. The molecule has 6 nitrogen and oxygen atoms in total. The van der Waals surface area contributed by atoms with Crippen LogP contribution in [-0.2, 0) is 13.1 Å². The SMILES string of the molecule is CN=C(NCCCn1ccc2ccccc21)NCc1ncc(C)c(OC)c1C. The summed E-state index contributed by atoms with van der Waals surface area (Å²) in [5, 5.41) is 7.99. The van der Waals surface area contributed by atoms with Crippen LogP contribution in [0, 0.1) is 13.8 Å². The Morgan fingerprint density at radius 2 is 2.00 bits per heavy atom. The maximum absolute atomic E-state index is 5.48. The Hall–Kier alpha value is -3.02. The van der Waals surface area contributed by atoms with Crippen molar-refractivity contribution < 1.29 is 4.74 Å². The van der Waals surface area contributed by atoms with Crippen LogP contribution in [0.3, 0.4) is 0 Å². The molecule has 0 aliphatic rings. The molecule has 0 aliphatic carbocycles. The molecule has 2 aromatic heterocycles. The lowest BCUT2D eigenvalue weighted by Gasteiger charge is -2.15. The molecule has 0 bridgehead atoms. The molecule has 1 aromatic carbocycles. The second-order valence-corrected chi connectivity index (χ2v) is 6.82. The zero-order valence-electron chi connectivity index (χ0n) is 17.1. The van der Waals surface area contributed by atoms with E-state index in [1.807, 2.05) is 20.0 Å². The van der Waals surface area contributed by atoms with Gasteiger partial charge in [-0.15, -0.1) is 0 Å². The fraction of sp³-hybridized carbons (Fsp3) is 0.364. The number of methoxy groups -OCH3 is 1. The third kappa shape index (κ3) is 4.44. The summed E-state index contributed by atoms with van der Waals surface area (Å²) < 4.78 is 7.77. The van der Waals surface area contributed by atoms with Gasteiger partial charge in [0.05, 0.1) is 19.3 Å². The van der Waals surface area contributed by atoms with Crippen LogP contribution in [0.15, 0.2) is 47.7 Å². The van der Waals surface area contributed by atoms with Gasteiger partial charge in [0.1, 0.15) is 5.75 Å². The van der Waals surface area contributed by atoms with Gasteiger partial charge in [-0.1, -0.05) is 18.2 Å². The van der Waals surface area contributed by atoms with Crippen LogP contribution < -0.4 is 15.4 Å². The predicted molar refractivity (Wildman–Crippen MR) is 115 cm³/mol.